The van der Waals surface area contributed by atoms with Gasteiger partial charge >= 0.3 is 6.09 Å². The van der Waals surface area contributed by atoms with E-state index in [2.05, 4.69) is 6.07 Å². The molecule has 4 rings (SSSR count). The van der Waals surface area contributed by atoms with Crippen molar-refractivity contribution < 1.29 is 14.3 Å². The van der Waals surface area contributed by atoms with Gasteiger partial charge in [-0.3, -0.25) is 4.79 Å². The molecule has 7 nitrogen and oxygen atoms in total. The topological polar surface area (TPSA) is 88.8 Å². The van der Waals surface area contributed by atoms with E-state index in [1.54, 1.807) is 16.7 Å². The number of nitrogens with two attached hydrogens (primary N) is 1. The monoisotopic (exact) mass is 402 g/mol. The van der Waals surface area contributed by atoms with Crippen LogP contribution in [0, 0.1) is 0 Å². The second-order valence-electron chi connectivity index (χ2n) is 7.33. The van der Waals surface area contributed by atoms with Gasteiger partial charge in [0.25, 0.3) is 5.91 Å². The molecular weight excluding hydrogens is 376 g/mol. The number of thiophene rings is 1. The molecule has 0 unspecified atom stereocenters. The lowest BCUT2D eigenvalue weighted by Crippen LogP contribution is -2.50. The number of nitrogen functional groups attached to an aromatic ring is 1. The van der Waals surface area contributed by atoms with Crippen LogP contribution in [0.15, 0.2) is 6.07 Å². The fourth-order valence-corrected chi connectivity index (χ4v) is 5.01. The Bertz CT molecular complexity index is 902. The van der Waals surface area contributed by atoms with Crippen LogP contribution in [0.5, 0.6) is 0 Å². The van der Waals surface area contributed by atoms with Gasteiger partial charge in [-0.15, -0.1) is 11.3 Å². The van der Waals surface area contributed by atoms with Crippen molar-refractivity contribution in [2.45, 2.75) is 39.0 Å². The van der Waals surface area contributed by atoms with Crippen LogP contribution >= 0.6 is 11.3 Å². The maximum atomic E-state index is 13.1. The lowest BCUT2D eigenvalue weighted by molar-refractivity contribution is 0.0575. The normalized spacial score (nSPS) is 17.3. The highest BCUT2D eigenvalue weighted by Gasteiger charge is 2.28. The number of aromatic nitrogens is 1. The van der Waals surface area contributed by atoms with E-state index in [0.717, 1.165) is 28.8 Å². The van der Waals surface area contributed by atoms with E-state index in [0.29, 0.717) is 43.4 Å². The molecule has 3 heterocycles. The van der Waals surface area contributed by atoms with E-state index in [1.807, 2.05) is 0 Å². The number of ether oxygens (including phenoxy) is 1. The van der Waals surface area contributed by atoms with Gasteiger partial charge in [-0.25, -0.2) is 9.78 Å². The van der Waals surface area contributed by atoms with E-state index < -0.39 is 0 Å². The van der Waals surface area contributed by atoms with Crippen LogP contribution in [0.1, 0.15) is 47.1 Å². The van der Waals surface area contributed by atoms with E-state index in [9.17, 15) is 9.59 Å². The number of pyridine rings is 1. The number of hydrogen-bond donors (Lipinski definition) is 1. The SMILES string of the molecule is CCOC(=O)N1CCN(C(=O)c2sc3nc4c(cc3c2N)CCCCC4)CC1. The van der Waals surface area contributed by atoms with Gasteiger partial charge in [-0.2, -0.15) is 0 Å². The predicted molar refractivity (Wildman–Crippen MR) is 110 cm³/mol. The number of piperazine rings is 1. The second kappa shape index (κ2) is 7.95. The molecule has 2 aromatic rings. The molecule has 1 saturated heterocycles. The quantitative estimate of drug-likeness (QED) is 0.780. The van der Waals surface area contributed by atoms with Crippen LogP contribution in [0.2, 0.25) is 0 Å². The van der Waals surface area contributed by atoms with Crippen molar-refractivity contribution in [2.24, 2.45) is 0 Å². The first-order chi connectivity index (χ1) is 13.6. The number of nitrogens with zero attached hydrogens (tertiary/aromatic N) is 3. The zero-order chi connectivity index (χ0) is 19.7. The molecule has 0 atom stereocenters. The molecule has 0 radical (unpaired) electrons. The van der Waals surface area contributed by atoms with Gasteiger partial charge < -0.3 is 20.3 Å². The Balaban J connectivity index is 1.53. The van der Waals surface area contributed by atoms with E-state index in [-0.39, 0.29) is 12.0 Å². The van der Waals surface area contributed by atoms with Crippen molar-refractivity contribution in [1.29, 1.82) is 0 Å². The molecule has 2 aromatic heterocycles. The van der Waals surface area contributed by atoms with E-state index in [1.165, 1.54) is 36.2 Å². The fourth-order valence-electron chi connectivity index (χ4n) is 3.95. The average Bonchev–Trinajstić information content (AvgIpc) is 2.88. The largest absolute Gasteiger partial charge is 0.450 e. The molecule has 150 valence electrons. The number of carbonyl (C=O) groups excluding carboxylic acids is 2. The van der Waals surface area contributed by atoms with Crippen molar-refractivity contribution in [3.63, 3.8) is 0 Å². The first-order valence-corrected chi connectivity index (χ1v) is 10.8. The molecule has 0 saturated carbocycles. The predicted octanol–water partition coefficient (Wildman–Crippen LogP) is 3.06. The summed E-state index contributed by atoms with van der Waals surface area (Å²) in [6.45, 7) is 4.05. The Kier molecular flexibility index (Phi) is 5.39. The Labute approximate surface area is 168 Å². The number of anilines is 1. The molecule has 8 heteroatoms. The van der Waals surface area contributed by atoms with Crippen molar-refractivity contribution in [1.82, 2.24) is 14.8 Å². The Hall–Kier alpha value is -2.35. The highest BCUT2D eigenvalue weighted by molar-refractivity contribution is 7.21. The van der Waals surface area contributed by atoms with Crippen LogP contribution in [0.3, 0.4) is 0 Å². The third-order valence-corrected chi connectivity index (χ3v) is 6.64. The molecule has 1 aliphatic heterocycles. The molecule has 2 N–H and O–H groups in total. The minimum Gasteiger partial charge on any atom is -0.450 e. The summed E-state index contributed by atoms with van der Waals surface area (Å²) < 4.78 is 5.04. The Morgan fingerprint density at radius 2 is 1.86 bits per heavy atom. The molecule has 1 fully saturated rings. The first-order valence-electron chi connectivity index (χ1n) is 10.00. The molecule has 2 amide bonds. The number of carbonyl (C=O) groups is 2. The highest BCUT2D eigenvalue weighted by atomic mass is 32.1. The van der Waals surface area contributed by atoms with Crippen LogP contribution in [-0.2, 0) is 17.6 Å². The number of rotatable bonds is 2. The Morgan fingerprint density at radius 1 is 1.14 bits per heavy atom. The molecular formula is C20H26N4O3S. The number of amides is 2. The van der Waals surface area contributed by atoms with Gasteiger partial charge in [0.1, 0.15) is 9.71 Å². The van der Waals surface area contributed by atoms with Crippen molar-refractivity contribution >= 4 is 39.2 Å². The average molecular weight is 403 g/mol. The summed E-state index contributed by atoms with van der Waals surface area (Å²) in [5.74, 6) is -0.0702. The van der Waals surface area contributed by atoms with Gasteiger partial charge in [0.05, 0.1) is 12.3 Å². The minimum atomic E-state index is -0.318. The van der Waals surface area contributed by atoms with Gasteiger partial charge in [-0.1, -0.05) is 6.42 Å². The molecule has 0 aromatic carbocycles. The van der Waals surface area contributed by atoms with E-state index in [4.69, 9.17) is 15.5 Å². The third-order valence-electron chi connectivity index (χ3n) is 5.54. The van der Waals surface area contributed by atoms with Gasteiger partial charge in [0.2, 0.25) is 0 Å². The van der Waals surface area contributed by atoms with E-state index >= 15 is 0 Å². The zero-order valence-corrected chi connectivity index (χ0v) is 17.0. The van der Waals surface area contributed by atoms with Crippen LogP contribution in [0.25, 0.3) is 10.2 Å². The van der Waals surface area contributed by atoms with Crippen molar-refractivity contribution in [2.75, 3.05) is 38.5 Å². The number of fused-ring (bicyclic) bond motifs is 2. The summed E-state index contributed by atoms with van der Waals surface area (Å²) in [4.78, 5) is 34.6. The zero-order valence-electron chi connectivity index (χ0n) is 16.2. The molecule has 1 aliphatic carbocycles. The smallest absolute Gasteiger partial charge is 0.409 e. The highest BCUT2D eigenvalue weighted by Crippen LogP contribution is 2.36. The summed E-state index contributed by atoms with van der Waals surface area (Å²) in [6, 6.07) is 2.14. The lowest BCUT2D eigenvalue weighted by Gasteiger charge is -2.33. The molecule has 0 bridgehead atoms. The Morgan fingerprint density at radius 3 is 2.61 bits per heavy atom. The van der Waals surface area contributed by atoms with Gasteiger partial charge in [0, 0.05) is 37.3 Å². The molecule has 28 heavy (non-hydrogen) atoms. The van der Waals surface area contributed by atoms with Gasteiger partial charge in [-0.05, 0) is 44.2 Å². The van der Waals surface area contributed by atoms with Crippen molar-refractivity contribution in [3.8, 4) is 0 Å². The standard InChI is InChI=1S/C20H26N4O3S/c1-2-27-20(26)24-10-8-23(9-11-24)19(25)17-16(21)14-12-13-6-4-3-5-7-15(13)22-18(14)28-17/h12H,2-11,21H2,1H3. The van der Waals surface area contributed by atoms with Crippen LogP contribution < -0.4 is 5.73 Å². The number of hydrogen-bond acceptors (Lipinski definition) is 6. The maximum Gasteiger partial charge on any atom is 0.409 e. The molecule has 2 aliphatic rings. The summed E-state index contributed by atoms with van der Waals surface area (Å²) in [7, 11) is 0. The number of aryl methyl sites for hydroxylation is 2. The van der Waals surface area contributed by atoms with Gasteiger partial charge in [0.15, 0.2) is 0 Å². The minimum absolute atomic E-state index is 0.0702. The summed E-state index contributed by atoms with van der Waals surface area (Å²) in [5.41, 5.74) is 9.35. The maximum absolute atomic E-state index is 13.1. The first kappa shape index (κ1) is 19.0. The van der Waals surface area contributed by atoms with Crippen LogP contribution in [-0.4, -0.2) is 59.6 Å². The summed E-state index contributed by atoms with van der Waals surface area (Å²) >= 11 is 1.39. The lowest BCUT2D eigenvalue weighted by atomic mass is 10.1. The second-order valence-corrected chi connectivity index (χ2v) is 8.33. The fraction of sp³-hybridized carbons (Fsp3) is 0.550. The summed E-state index contributed by atoms with van der Waals surface area (Å²) in [5, 5.41) is 0.902. The molecule has 0 spiro atoms. The third kappa shape index (κ3) is 3.53. The van der Waals surface area contributed by atoms with Crippen molar-refractivity contribution in [3.05, 3.63) is 22.2 Å². The summed E-state index contributed by atoms with van der Waals surface area (Å²) in [6.07, 6.45) is 5.31. The van der Waals surface area contributed by atoms with Crippen LogP contribution in [0.4, 0.5) is 10.5 Å².